The molecule has 0 saturated carbocycles. The van der Waals surface area contributed by atoms with Crippen molar-refractivity contribution in [1.29, 1.82) is 0 Å². The Kier molecular flexibility index (Phi) is 11.2. The second-order valence-electron chi connectivity index (χ2n) is 6.34. The van der Waals surface area contributed by atoms with Gasteiger partial charge in [-0.25, -0.2) is 18.6 Å². The molecule has 2 rings (SSSR count). The van der Waals surface area contributed by atoms with Crippen molar-refractivity contribution in [1.82, 2.24) is 15.6 Å². The fraction of sp³-hybridized carbons (Fsp3) is 0.450. The van der Waals surface area contributed by atoms with Gasteiger partial charge in [0.25, 0.3) is 0 Å². The molecule has 2 N–H and O–H groups in total. The Bertz CT molecular complexity index is 856. The van der Waals surface area contributed by atoms with Gasteiger partial charge in [0.05, 0.1) is 18.3 Å². The summed E-state index contributed by atoms with van der Waals surface area (Å²) >= 11 is 1.29. The number of guanidine groups is 1. The maximum Gasteiger partial charge on any atom is 0.350 e. The zero-order valence-electron chi connectivity index (χ0n) is 17.4. The number of halogens is 3. The summed E-state index contributed by atoms with van der Waals surface area (Å²) < 4.78 is 31.6. The molecular formula is C20H27F2IN4O2S. The molecule has 10 heteroatoms. The Balaban J connectivity index is 0.00000450. The fourth-order valence-electron chi connectivity index (χ4n) is 2.63. The molecule has 1 aromatic carbocycles. The van der Waals surface area contributed by atoms with Gasteiger partial charge in [0, 0.05) is 19.2 Å². The molecule has 1 atom stereocenters. The molecule has 0 spiro atoms. The number of carbonyl (C=O) groups excluding carboxylic acids is 1. The summed E-state index contributed by atoms with van der Waals surface area (Å²) in [5.41, 5.74) is 1.18. The highest BCUT2D eigenvalue weighted by molar-refractivity contribution is 14.0. The number of esters is 1. The van der Waals surface area contributed by atoms with Crippen LogP contribution < -0.4 is 10.6 Å². The highest BCUT2D eigenvalue weighted by Crippen LogP contribution is 2.24. The average molecular weight is 552 g/mol. The second-order valence-corrected chi connectivity index (χ2v) is 7.37. The summed E-state index contributed by atoms with van der Waals surface area (Å²) in [5, 5.41) is 7.11. The topological polar surface area (TPSA) is 75.6 Å². The van der Waals surface area contributed by atoms with Gasteiger partial charge in [0.2, 0.25) is 0 Å². The number of aliphatic imine (C=N–C) groups is 1. The van der Waals surface area contributed by atoms with Crippen LogP contribution in [0.2, 0.25) is 0 Å². The van der Waals surface area contributed by atoms with E-state index in [9.17, 15) is 13.6 Å². The second kappa shape index (κ2) is 12.8. The first kappa shape index (κ1) is 26.2. The van der Waals surface area contributed by atoms with E-state index in [-0.39, 0.29) is 36.0 Å². The van der Waals surface area contributed by atoms with Gasteiger partial charge in [0.15, 0.2) is 5.96 Å². The third-order valence-electron chi connectivity index (χ3n) is 3.93. The molecular weight excluding hydrogens is 525 g/mol. The van der Waals surface area contributed by atoms with Crippen molar-refractivity contribution >= 4 is 47.2 Å². The predicted molar refractivity (Wildman–Crippen MR) is 126 cm³/mol. The van der Waals surface area contributed by atoms with Crippen LogP contribution in [0.5, 0.6) is 0 Å². The van der Waals surface area contributed by atoms with Crippen LogP contribution in [0, 0.1) is 18.6 Å². The SMILES string of the molecule is CCNC(=NCCc1cc(F)cc(F)c1)NC(C)c1nc(C)c(C(=O)OCC)s1.I. The van der Waals surface area contributed by atoms with Gasteiger partial charge in [-0.2, -0.15) is 0 Å². The van der Waals surface area contributed by atoms with E-state index in [2.05, 4.69) is 20.6 Å². The smallest absolute Gasteiger partial charge is 0.350 e. The summed E-state index contributed by atoms with van der Waals surface area (Å²) in [7, 11) is 0. The summed E-state index contributed by atoms with van der Waals surface area (Å²) in [6, 6.07) is 3.26. The highest BCUT2D eigenvalue weighted by Gasteiger charge is 2.20. The van der Waals surface area contributed by atoms with Crippen molar-refractivity contribution in [2.75, 3.05) is 19.7 Å². The molecule has 1 unspecified atom stereocenters. The Morgan fingerprint density at radius 2 is 1.93 bits per heavy atom. The summed E-state index contributed by atoms with van der Waals surface area (Å²) in [6.07, 6.45) is 0.406. The van der Waals surface area contributed by atoms with Crippen LogP contribution in [0.25, 0.3) is 0 Å². The lowest BCUT2D eigenvalue weighted by Gasteiger charge is -2.16. The standard InChI is InChI=1S/C20H26F2N4O2S.HI/c1-5-23-20(24-8-7-14-9-15(21)11-16(22)10-14)26-13(4)18-25-12(3)17(29-18)19(27)28-6-2;/h9-11,13H,5-8H2,1-4H3,(H2,23,24,26);1H. The molecule has 2 aromatic rings. The molecule has 0 aliphatic carbocycles. The minimum Gasteiger partial charge on any atom is -0.462 e. The third kappa shape index (κ3) is 7.78. The first-order chi connectivity index (χ1) is 13.8. The molecule has 30 heavy (non-hydrogen) atoms. The van der Waals surface area contributed by atoms with E-state index in [0.717, 1.165) is 11.1 Å². The lowest BCUT2D eigenvalue weighted by molar-refractivity contribution is 0.0531. The molecule has 0 aliphatic heterocycles. The van der Waals surface area contributed by atoms with E-state index in [1.807, 2.05) is 13.8 Å². The number of hydrogen-bond acceptors (Lipinski definition) is 5. The number of rotatable bonds is 8. The Hall–Kier alpha value is -1.82. The van der Waals surface area contributed by atoms with Gasteiger partial charge in [0.1, 0.15) is 21.5 Å². The zero-order chi connectivity index (χ0) is 21.4. The molecule has 166 valence electrons. The van der Waals surface area contributed by atoms with Crippen LogP contribution in [0.4, 0.5) is 8.78 Å². The number of aromatic nitrogens is 1. The van der Waals surface area contributed by atoms with E-state index >= 15 is 0 Å². The van der Waals surface area contributed by atoms with E-state index in [1.165, 1.54) is 23.5 Å². The number of benzene rings is 1. The monoisotopic (exact) mass is 552 g/mol. The zero-order valence-corrected chi connectivity index (χ0v) is 20.6. The van der Waals surface area contributed by atoms with E-state index < -0.39 is 11.6 Å². The molecule has 0 bridgehead atoms. The van der Waals surface area contributed by atoms with E-state index in [1.54, 1.807) is 13.8 Å². The third-order valence-corrected chi connectivity index (χ3v) is 5.25. The number of thiazole rings is 1. The largest absolute Gasteiger partial charge is 0.462 e. The number of hydrogen-bond donors (Lipinski definition) is 2. The molecule has 1 aromatic heterocycles. The van der Waals surface area contributed by atoms with Crippen molar-refractivity contribution in [3.8, 4) is 0 Å². The van der Waals surface area contributed by atoms with Crippen LogP contribution >= 0.6 is 35.3 Å². The van der Waals surface area contributed by atoms with Crippen molar-refractivity contribution in [3.05, 3.63) is 51.0 Å². The average Bonchev–Trinajstić information content (AvgIpc) is 3.03. The van der Waals surface area contributed by atoms with Crippen molar-refractivity contribution < 1.29 is 18.3 Å². The van der Waals surface area contributed by atoms with Gasteiger partial charge in [-0.05, 0) is 51.8 Å². The van der Waals surface area contributed by atoms with E-state index in [0.29, 0.717) is 48.2 Å². The molecule has 0 fully saturated rings. The quantitative estimate of drug-likeness (QED) is 0.220. The molecule has 0 aliphatic rings. The predicted octanol–water partition coefficient (Wildman–Crippen LogP) is 4.38. The Morgan fingerprint density at radius 1 is 1.27 bits per heavy atom. The minimum atomic E-state index is -0.598. The minimum absolute atomic E-state index is 0. The Labute approximate surface area is 196 Å². The van der Waals surface area contributed by atoms with Crippen LogP contribution in [0.15, 0.2) is 23.2 Å². The van der Waals surface area contributed by atoms with Gasteiger partial charge in [-0.15, -0.1) is 35.3 Å². The van der Waals surface area contributed by atoms with Gasteiger partial charge < -0.3 is 15.4 Å². The maximum absolute atomic E-state index is 13.3. The lowest BCUT2D eigenvalue weighted by Crippen LogP contribution is -2.38. The number of nitrogens with zero attached hydrogens (tertiary/aromatic N) is 2. The van der Waals surface area contributed by atoms with Gasteiger partial charge >= 0.3 is 5.97 Å². The summed E-state index contributed by atoms with van der Waals surface area (Å²) in [4.78, 5) is 21.4. The molecule has 0 saturated heterocycles. The number of carbonyl (C=O) groups is 1. The first-order valence-electron chi connectivity index (χ1n) is 9.48. The summed E-state index contributed by atoms with van der Waals surface area (Å²) in [5.74, 6) is -1.01. The lowest BCUT2D eigenvalue weighted by atomic mass is 10.1. The first-order valence-corrected chi connectivity index (χ1v) is 10.3. The fourth-order valence-corrected chi connectivity index (χ4v) is 3.59. The number of ether oxygens (including phenoxy) is 1. The van der Waals surface area contributed by atoms with Crippen molar-refractivity contribution in [2.24, 2.45) is 4.99 Å². The normalized spacial score (nSPS) is 12.1. The Morgan fingerprint density at radius 3 is 2.53 bits per heavy atom. The molecule has 0 radical (unpaired) electrons. The highest BCUT2D eigenvalue weighted by atomic mass is 127. The van der Waals surface area contributed by atoms with Crippen molar-refractivity contribution in [3.63, 3.8) is 0 Å². The van der Waals surface area contributed by atoms with Crippen LogP contribution in [0.1, 0.15) is 52.7 Å². The number of nitrogens with one attached hydrogen (secondary N) is 2. The van der Waals surface area contributed by atoms with Crippen LogP contribution in [0.3, 0.4) is 0 Å². The number of aryl methyl sites for hydroxylation is 1. The molecule has 6 nitrogen and oxygen atoms in total. The molecule has 0 amide bonds. The van der Waals surface area contributed by atoms with Gasteiger partial charge in [-0.1, -0.05) is 0 Å². The van der Waals surface area contributed by atoms with Crippen LogP contribution in [-0.4, -0.2) is 36.6 Å². The maximum atomic E-state index is 13.3. The van der Waals surface area contributed by atoms with Crippen LogP contribution in [-0.2, 0) is 11.2 Å². The van der Waals surface area contributed by atoms with Gasteiger partial charge in [-0.3, -0.25) is 4.99 Å². The molecule has 1 heterocycles. The van der Waals surface area contributed by atoms with E-state index in [4.69, 9.17) is 4.74 Å². The van der Waals surface area contributed by atoms with Crippen molar-refractivity contribution in [2.45, 2.75) is 40.2 Å². The summed E-state index contributed by atoms with van der Waals surface area (Å²) in [6.45, 7) is 8.71.